The Labute approximate surface area is 218 Å². The molecule has 4 heterocycles. The Morgan fingerprint density at radius 3 is 2.32 bits per heavy atom. The standard InChI is InChI=1S/C34H33N2O/c1-2-23-21-36(22-31-27-11-5-3-9-25(27)19-26-10-4-6-12-28(26)31)18-16-24(23)20-33(36)34(37)30-15-17-35-32-14-8-7-13-29(30)32/h2-15,17,19,23-24,33-34,37H,1,16,18,20-22H2/q+1/t23-,24?,33?,34-,36?/m0/s1. The van der Waals surface area contributed by atoms with Gasteiger partial charge in [-0.15, -0.1) is 6.58 Å². The average Bonchev–Trinajstić information content (AvgIpc) is 2.96. The van der Waals surface area contributed by atoms with Gasteiger partial charge in [-0.1, -0.05) is 72.8 Å². The molecule has 0 radical (unpaired) electrons. The Bertz CT molecular complexity index is 1580. The number of hydrogen-bond donors (Lipinski definition) is 1. The van der Waals surface area contributed by atoms with Gasteiger partial charge in [-0.3, -0.25) is 4.98 Å². The van der Waals surface area contributed by atoms with Crippen molar-refractivity contribution in [2.45, 2.75) is 31.5 Å². The summed E-state index contributed by atoms with van der Waals surface area (Å²) in [5, 5.41) is 18.4. The van der Waals surface area contributed by atoms with Gasteiger partial charge in [-0.05, 0) is 51.2 Å². The molecule has 3 fully saturated rings. The molecule has 1 N–H and O–H groups in total. The summed E-state index contributed by atoms with van der Waals surface area (Å²) in [4.78, 5) is 4.57. The summed E-state index contributed by atoms with van der Waals surface area (Å²) in [5.41, 5.74) is 3.37. The summed E-state index contributed by atoms with van der Waals surface area (Å²) >= 11 is 0. The Morgan fingerprint density at radius 2 is 1.59 bits per heavy atom. The molecule has 0 aliphatic carbocycles. The number of rotatable bonds is 5. The highest BCUT2D eigenvalue weighted by atomic mass is 16.3. The molecule has 3 aliphatic heterocycles. The Morgan fingerprint density at radius 1 is 0.919 bits per heavy atom. The molecule has 4 aromatic carbocycles. The lowest BCUT2D eigenvalue weighted by atomic mass is 9.71. The lowest BCUT2D eigenvalue weighted by Gasteiger charge is -2.58. The molecule has 3 heteroatoms. The Kier molecular flexibility index (Phi) is 5.38. The lowest BCUT2D eigenvalue weighted by Crippen LogP contribution is -2.67. The second-order valence-corrected chi connectivity index (χ2v) is 11.2. The van der Waals surface area contributed by atoms with Crippen molar-refractivity contribution in [3.8, 4) is 0 Å². The molecule has 0 saturated carbocycles. The van der Waals surface area contributed by atoms with Gasteiger partial charge in [0.15, 0.2) is 0 Å². The van der Waals surface area contributed by atoms with Crippen LogP contribution in [0, 0.1) is 11.8 Å². The Hall–Kier alpha value is -3.53. The second kappa shape index (κ2) is 8.79. The SMILES string of the molecule is C=C[C@H]1C[N+]2(Cc3c4ccccc4cc4ccccc34)CCC1CC2[C@@H](O)c1ccnc2ccccc12. The zero-order valence-corrected chi connectivity index (χ0v) is 21.1. The van der Waals surface area contributed by atoms with Crippen molar-refractivity contribution in [2.75, 3.05) is 13.1 Å². The normalized spacial score (nSPS) is 26.0. The van der Waals surface area contributed by atoms with Gasteiger partial charge in [0.2, 0.25) is 0 Å². The van der Waals surface area contributed by atoms with Crippen LogP contribution in [-0.4, -0.2) is 33.7 Å². The fourth-order valence-corrected chi connectivity index (χ4v) is 7.56. The first kappa shape index (κ1) is 22.7. The van der Waals surface area contributed by atoms with E-state index in [0.717, 1.165) is 47.0 Å². The number of piperidine rings is 3. The van der Waals surface area contributed by atoms with Gasteiger partial charge in [0.25, 0.3) is 0 Å². The van der Waals surface area contributed by atoms with Gasteiger partial charge in [0.05, 0.1) is 18.6 Å². The van der Waals surface area contributed by atoms with E-state index in [0.29, 0.717) is 11.8 Å². The number of fused-ring (bicyclic) bond motifs is 6. The van der Waals surface area contributed by atoms with Gasteiger partial charge >= 0.3 is 0 Å². The molecule has 0 amide bonds. The molecular weight excluding hydrogens is 452 g/mol. The van der Waals surface area contributed by atoms with Gasteiger partial charge in [0, 0.05) is 35.9 Å². The topological polar surface area (TPSA) is 33.1 Å². The van der Waals surface area contributed by atoms with Crippen LogP contribution in [-0.2, 0) is 6.54 Å². The first-order valence-corrected chi connectivity index (χ1v) is 13.6. The third kappa shape index (κ3) is 3.60. The minimum Gasteiger partial charge on any atom is -0.382 e. The summed E-state index contributed by atoms with van der Waals surface area (Å²) < 4.78 is 0.906. The lowest BCUT2D eigenvalue weighted by molar-refractivity contribution is -0.984. The molecule has 5 atom stereocenters. The van der Waals surface area contributed by atoms with E-state index in [9.17, 15) is 5.11 Å². The summed E-state index contributed by atoms with van der Waals surface area (Å²) in [6.45, 7) is 7.28. The predicted molar refractivity (Wildman–Crippen MR) is 152 cm³/mol. The molecule has 184 valence electrons. The van der Waals surface area contributed by atoms with Crippen molar-refractivity contribution in [2.24, 2.45) is 11.8 Å². The molecule has 0 spiro atoms. The summed E-state index contributed by atoms with van der Waals surface area (Å²) in [6, 6.07) is 30.3. The van der Waals surface area contributed by atoms with E-state index in [2.05, 4.69) is 78.3 Å². The molecule has 3 nitrogen and oxygen atoms in total. The van der Waals surface area contributed by atoms with Crippen molar-refractivity contribution in [1.82, 2.24) is 4.98 Å². The molecule has 2 bridgehead atoms. The number of quaternary nitrogens is 1. The van der Waals surface area contributed by atoms with E-state index in [1.807, 2.05) is 30.5 Å². The van der Waals surface area contributed by atoms with E-state index >= 15 is 0 Å². The number of hydrogen-bond acceptors (Lipinski definition) is 2. The Balaban J connectivity index is 1.39. The number of benzene rings is 4. The van der Waals surface area contributed by atoms with Crippen molar-refractivity contribution in [3.63, 3.8) is 0 Å². The van der Waals surface area contributed by atoms with Crippen molar-refractivity contribution in [1.29, 1.82) is 0 Å². The first-order valence-electron chi connectivity index (χ1n) is 13.6. The quantitative estimate of drug-likeness (QED) is 0.162. The molecule has 3 aliphatic rings. The summed E-state index contributed by atoms with van der Waals surface area (Å²) in [6.07, 6.45) is 5.72. The maximum absolute atomic E-state index is 12.1. The van der Waals surface area contributed by atoms with Crippen LogP contribution in [0.4, 0.5) is 0 Å². The fourth-order valence-electron chi connectivity index (χ4n) is 7.56. The molecule has 1 aromatic heterocycles. The second-order valence-electron chi connectivity index (χ2n) is 11.2. The van der Waals surface area contributed by atoms with E-state index in [-0.39, 0.29) is 6.04 Å². The smallest absolute Gasteiger partial charge is 0.131 e. The first-order chi connectivity index (χ1) is 18.2. The van der Waals surface area contributed by atoms with Gasteiger partial charge in [-0.25, -0.2) is 0 Å². The van der Waals surface area contributed by atoms with Crippen LogP contribution in [0.1, 0.15) is 30.1 Å². The van der Waals surface area contributed by atoms with Gasteiger partial charge in [0.1, 0.15) is 18.7 Å². The van der Waals surface area contributed by atoms with Crippen LogP contribution in [0.5, 0.6) is 0 Å². The summed E-state index contributed by atoms with van der Waals surface area (Å²) in [5.74, 6) is 1.09. The number of pyridine rings is 1. The minimum absolute atomic E-state index is 0.137. The zero-order chi connectivity index (χ0) is 25.0. The highest BCUT2D eigenvalue weighted by molar-refractivity contribution is 6.02. The molecule has 3 unspecified atom stereocenters. The highest BCUT2D eigenvalue weighted by Crippen LogP contribution is 2.49. The zero-order valence-electron chi connectivity index (χ0n) is 21.1. The van der Waals surface area contributed by atoms with Crippen molar-refractivity contribution < 1.29 is 9.59 Å². The maximum Gasteiger partial charge on any atom is 0.131 e. The van der Waals surface area contributed by atoms with Crippen LogP contribution in [0.2, 0.25) is 0 Å². The molecular formula is C34H33N2O+. The maximum atomic E-state index is 12.1. The minimum atomic E-state index is -0.539. The van der Waals surface area contributed by atoms with Crippen LogP contribution in [0.3, 0.4) is 0 Å². The molecule has 8 rings (SSSR count). The fraction of sp³-hybridized carbons (Fsp3) is 0.265. The molecule has 3 saturated heterocycles. The number of aliphatic hydroxyl groups excluding tert-OH is 1. The van der Waals surface area contributed by atoms with Crippen molar-refractivity contribution in [3.05, 3.63) is 115 Å². The van der Waals surface area contributed by atoms with E-state index < -0.39 is 6.10 Å². The van der Waals surface area contributed by atoms with Gasteiger partial charge in [-0.2, -0.15) is 0 Å². The van der Waals surface area contributed by atoms with Gasteiger partial charge < -0.3 is 9.59 Å². The van der Waals surface area contributed by atoms with Crippen LogP contribution in [0.25, 0.3) is 32.4 Å². The summed E-state index contributed by atoms with van der Waals surface area (Å²) in [7, 11) is 0. The number of aromatic nitrogens is 1. The average molecular weight is 486 g/mol. The predicted octanol–water partition coefficient (Wildman–Crippen LogP) is 7.19. The van der Waals surface area contributed by atoms with Crippen LogP contribution < -0.4 is 0 Å². The molecule has 37 heavy (non-hydrogen) atoms. The van der Waals surface area contributed by atoms with Crippen LogP contribution in [0.15, 0.2) is 104 Å². The number of para-hydroxylation sites is 1. The van der Waals surface area contributed by atoms with E-state index in [1.165, 1.54) is 33.5 Å². The molecule has 5 aromatic rings. The number of nitrogens with zero attached hydrogens (tertiary/aromatic N) is 2. The van der Waals surface area contributed by atoms with Crippen LogP contribution >= 0.6 is 0 Å². The largest absolute Gasteiger partial charge is 0.382 e. The third-order valence-electron chi connectivity index (χ3n) is 9.40. The monoisotopic (exact) mass is 485 g/mol. The highest BCUT2D eigenvalue weighted by Gasteiger charge is 2.54. The third-order valence-corrected chi connectivity index (χ3v) is 9.40. The van der Waals surface area contributed by atoms with E-state index in [1.54, 1.807) is 0 Å². The number of aliphatic hydroxyl groups is 1. The van der Waals surface area contributed by atoms with Crippen molar-refractivity contribution >= 4 is 32.4 Å². The van der Waals surface area contributed by atoms with E-state index in [4.69, 9.17) is 0 Å².